The van der Waals surface area contributed by atoms with Crippen LogP contribution in [0.2, 0.25) is 0 Å². The van der Waals surface area contributed by atoms with Crippen molar-refractivity contribution in [2.24, 2.45) is 0 Å². The van der Waals surface area contributed by atoms with Crippen LogP contribution in [0.25, 0.3) is 0 Å². The molecule has 1 aliphatic rings. The van der Waals surface area contributed by atoms with E-state index < -0.39 is 5.97 Å². The lowest BCUT2D eigenvalue weighted by Gasteiger charge is -2.27. The molecule has 1 N–H and O–H groups in total. The fourth-order valence-electron chi connectivity index (χ4n) is 1.78. The van der Waals surface area contributed by atoms with Crippen molar-refractivity contribution in [2.75, 3.05) is 46.4 Å². The van der Waals surface area contributed by atoms with E-state index in [0.29, 0.717) is 45.7 Å². The van der Waals surface area contributed by atoms with E-state index in [2.05, 4.69) is 0 Å². The fraction of sp³-hybridized carbons (Fsp3) is 0.818. The highest BCUT2D eigenvalue weighted by Crippen LogP contribution is 2.02. The normalized spacial score (nSPS) is 16.2. The molecule has 0 aromatic rings. The minimum absolute atomic E-state index is 0.0196. The summed E-state index contributed by atoms with van der Waals surface area (Å²) < 4.78 is 5.17. The molecule has 0 aromatic heterocycles. The van der Waals surface area contributed by atoms with Gasteiger partial charge in [-0.15, -0.1) is 0 Å². The summed E-state index contributed by atoms with van der Waals surface area (Å²) >= 11 is 0. The average molecular weight is 244 g/mol. The first-order valence-corrected chi connectivity index (χ1v) is 5.85. The van der Waals surface area contributed by atoms with E-state index >= 15 is 0 Å². The number of likely N-dealkylation sites (N-methyl/N-ethyl adjacent to an activating group) is 1. The Morgan fingerprint density at radius 1 is 1.35 bits per heavy atom. The number of hydrogen-bond acceptors (Lipinski definition) is 4. The Morgan fingerprint density at radius 2 is 2.00 bits per heavy atom. The van der Waals surface area contributed by atoms with Crippen molar-refractivity contribution < 1.29 is 19.4 Å². The molecule has 1 heterocycles. The molecule has 0 atom stereocenters. The summed E-state index contributed by atoms with van der Waals surface area (Å²) in [5, 5.41) is 8.57. The van der Waals surface area contributed by atoms with Crippen molar-refractivity contribution >= 4 is 11.9 Å². The highest BCUT2D eigenvalue weighted by Gasteiger charge is 2.16. The van der Waals surface area contributed by atoms with E-state index in [1.807, 2.05) is 0 Å². The van der Waals surface area contributed by atoms with Gasteiger partial charge in [-0.25, -0.2) is 0 Å². The number of rotatable bonds is 6. The zero-order chi connectivity index (χ0) is 12.7. The van der Waals surface area contributed by atoms with E-state index in [1.165, 1.54) is 0 Å². The minimum Gasteiger partial charge on any atom is -0.480 e. The topological polar surface area (TPSA) is 70.1 Å². The molecule has 6 heteroatoms. The predicted molar refractivity (Wildman–Crippen MR) is 61.8 cm³/mol. The van der Waals surface area contributed by atoms with Crippen LogP contribution in [0, 0.1) is 0 Å². The van der Waals surface area contributed by atoms with Crippen LogP contribution in [0.1, 0.15) is 12.8 Å². The number of ether oxygens (including phenoxy) is 1. The van der Waals surface area contributed by atoms with Gasteiger partial charge < -0.3 is 14.7 Å². The molecule has 0 unspecified atom stereocenters. The molecule has 1 fully saturated rings. The summed E-state index contributed by atoms with van der Waals surface area (Å²) in [6.45, 7) is 3.22. The lowest BCUT2D eigenvalue weighted by Crippen LogP contribution is -2.40. The number of nitrogens with zero attached hydrogens (tertiary/aromatic N) is 2. The lowest BCUT2D eigenvalue weighted by molar-refractivity contribution is -0.137. The van der Waals surface area contributed by atoms with Crippen molar-refractivity contribution in [3.8, 4) is 0 Å². The van der Waals surface area contributed by atoms with Crippen LogP contribution in [0.15, 0.2) is 0 Å². The molecule has 6 nitrogen and oxygen atoms in total. The minimum atomic E-state index is -0.841. The Kier molecular flexibility index (Phi) is 5.93. The van der Waals surface area contributed by atoms with Gasteiger partial charge in [0.1, 0.15) is 0 Å². The number of amides is 1. The Balaban J connectivity index is 2.12. The number of carboxylic acid groups (broad SMARTS) is 1. The summed E-state index contributed by atoms with van der Waals surface area (Å²) in [7, 11) is 1.74. The second kappa shape index (κ2) is 7.24. The van der Waals surface area contributed by atoms with E-state index in [4.69, 9.17) is 9.84 Å². The maximum atomic E-state index is 11.7. The summed E-state index contributed by atoms with van der Waals surface area (Å²) in [6.07, 6.45) is 1.17. The molecular weight excluding hydrogens is 224 g/mol. The largest absolute Gasteiger partial charge is 0.480 e. The standard InChI is InChI=1S/C11H20N2O4/c1-12(9-11(15)16)4-2-3-10(14)13-5-7-17-8-6-13/h2-9H2,1H3,(H,15,16). The first-order chi connectivity index (χ1) is 8.09. The Morgan fingerprint density at radius 3 is 2.59 bits per heavy atom. The highest BCUT2D eigenvalue weighted by molar-refractivity contribution is 5.76. The van der Waals surface area contributed by atoms with Gasteiger partial charge in [0.25, 0.3) is 0 Å². The average Bonchev–Trinajstić information content (AvgIpc) is 2.29. The first-order valence-electron chi connectivity index (χ1n) is 5.85. The van der Waals surface area contributed by atoms with Gasteiger partial charge in [-0.3, -0.25) is 14.5 Å². The molecule has 0 bridgehead atoms. The van der Waals surface area contributed by atoms with Gasteiger partial charge in [-0.05, 0) is 20.0 Å². The fourth-order valence-corrected chi connectivity index (χ4v) is 1.78. The highest BCUT2D eigenvalue weighted by atomic mass is 16.5. The second-order valence-electron chi connectivity index (χ2n) is 4.23. The molecular formula is C11H20N2O4. The van der Waals surface area contributed by atoms with E-state index in [1.54, 1.807) is 16.8 Å². The SMILES string of the molecule is CN(CCCC(=O)N1CCOCC1)CC(=O)O. The summed E-state index contributed by atoms with van der Waals surface area (Å²) in [4.78, 5) is 25.7. The van der Waals surface area contributed by atoms with Gasteiger partial charge in [0.05, 0.1) is 19.8 Å². The van der Waals surface area contributed by atoms with Crippen molar-refractivity contribution in [2.45, 2.75) is 12.8 Å². The molecule has 1 saturated heterocycles. The maximum Gasteiger partial charge on any atom is 0.317 e. The quantitative estimate of drug-likeness (QED) is 0.691. The molecule has 17 heavy (non-hydrogen) atoms. The summed E-state index contributed by atoms with van der Waals surface area (Å²) in [5.41, 5.74) is 0. The molecule has 0 saturated carbocycles. The van der Waals surface area contributed by atoms with Crippen molar-refractivity contribution in [3.63, 3.8) is 0 Å². The van der Waals surface area contributed by atoms with Crippen LogP contribution in [-0.2, 0) is 14.3 Å². The van der Waals surface area contributed by atoms with Crippen molar-refractivity contribution in [3.05, 3.63) is 0 Å². The zero-order valence-corrected chi connectivity index (χ0v) is 10.2. The third-order valence-electron chi connectivity index (χ3n) is 2.70. The van der Waals surface area contributed by atoms with Crippen LogP contribution >= 0.6 is 0 Å². The van der Waals surface area contributed by atoms with E-state index in [-0.39, 0.29) is 12.5 Å². The van der Waals surface area contributed by atoms with E-state index in [9.17, 15) is 9.59 Å². The third-order valence-corrected chi connectivity index (χ3v) is 2.70. The Hall–Kier alpha value is -1.14. The van der Waals surface area contributed by atoms with Gasteiger partial charge in [-0.2, -0.15) is 0 Å². The van der Waals surface area contributed by atoms with Gasteiger partial charge in [-0.1, -0.05) is 0 Å². The molecule has 0 radical (unpaired) electrons. The second-order valence-corrected chi connectivity index (χ2v) is 4.23. The molecule has 98 valence electrons. The summed E-state index contributed by atoms with van der Waals surface area (Å²) in [5.74, 6) is -0.705. The monoisotopic (exact) mass is 244 g/mol. The molecule has 1 aliphatic heterocycles. The van der Waals surface area contributed by atoms with Crippen LogP contribution in [0.4, 0.5) is 0 Å². The number of morpholine rings is 1. The van der Waals surface area contributed by atoms with Crippen molar-refractivity contribution in [1.29, 1.82) is 0 Å². The third kappa shape index (κ3) is 5.65. The molecule has 0 aliphatic carbocycles. The van der Waals surface area contributed by atoms with Gasteiger partial charge in [0, 0.05) is 19.5 Å². The van der Waals surface area contributed by atoms with Crippen LogP contribution in [0.3, 0.4) is 0 Å². The number of carbonyl (C=O) groups excluding carboxylic acids is 1. The first kappa shape index (κ1) is 13.9. The van der Waals surface area contributed by atoms with Gasteiger partial charge in [0.15, 0.2) is 0 Å². The lowest BCUT2D eigenvalue weighted by atomic mass is 10.2. The number of hydrogen-bond donors (Lipinski definition) is 1. The number of aliphatic carboxylic acids is 1. The van der Waals surface area contributed by atoms with Gasteiger partial charge in [0.2, 0.25) is 5.91 Å². The van der Waals surface area contributed by atoms with E-state index in [0.717, 1.165) is 0 Å². The zero-order valence-electron chi connectivity index (χ0n) is 10.2. The molecule has 0 aromatic carbocycles. The Labute approximate surface area is 101 Å². The maximum absolute atomic E-state index is 11.7. The van der Waals surface area contributed by atoms with Crippen LogP contribution in [0.5, 0.6) is 0 Å². The van der Waals surface area contributed by atoms with Crippen LogP contribution in [-0.4, -0.2) is 73.2 Å². The molecule has 0 spiro atoms. The van der Waals surface area contributed by atoms with Crippen LogP contribution < -0.4 is 0 Å². The number of carbonyl (C=O) groups is 2. The van der Waals surface area contributed by atoms with Gasteiger partial charge >= 0.3 is 5.97 Å². The summed E-state index contributed by atoms with van der Waals surface area (Å²) in [6, 6.07) is 0. The number of carboxylic acids is 1. The predicted octanol–water partition coefficient (Wildman–Crippen LogP) is -0.358. The smallest absolute Gasteiger partial charge is 0.317 e. The molecule has 1 rings (SSSR count). The Bertz CT molecular complexity index is 264. The van der Waals surface area contributed by atoms with Crippen molar-refractivity contribution in [1.82, 2.24) is 9.80 Å². The molecule has 1 amide bonds.